The fourth-order valence-corrected chi connectivity index (χ4v) is 6.51. The van der Waals surface area contributed by atoms with Crippen molar-refractivity contribution in [1.82, 2.24) is 0 Å². The number of benzene rings is 1. The van der Waals surface area contributed by atoms with Crippen LogP contribution in [0.1, 0.15) is 170 Å². The Morgan fingerprint density at radius 3 is 0.958 bits per heavy atom. The molecule has 1 atom stereocenters. The van der Waals surface area contributed by atoms with Crippen LogP contribution < -0.4 is 29.0 Å². The first kappa shape index (κ1) is 43.8. The van der Waals surface area contributed by atoms with Gasteiger partial charge in [-0.2, -0.15) is 0 Å². The summed E-state index contributed by atoms with van der Waals surface area (Å²) in [6.07, 6.45) is 20.5. The molecule has 48 heavy (non-hydrogen) atoms. The molecule has 1 unspecified atom stereocenters. The summed E-state index contributed by atoms with van der Waals surface area (Å²) in [6, 6.07) is 0. The summed E-state index contributed by atoms with van der Waals surface area (Å²) in [7, 11) is -2.64. The standard InChI is InChI=1S/C40H70O7P/c1-8-13-18-23-28-43-34-35(44-29-24-19-14-9-2)37(46-31-26-21-16-11-4)39(48(42)40(41)33(6)7)38(47-32-27-22-17-12-5)36(34)45-30-25-20-15-10-3/h6,8-32H2,1-5,7H3/q+1. The average molecular weight is 694 g/mol. The van der Waals surface area contributed by atoms with Crippen LogP contribution >= 0.6 is 7.80 Å². The van der Waals surface area contributed by atoms with Gasteiger partial charge in [0.05, 0.1) is 33.0 Å². The first-order valence-corrected chi connectivity index (χ1v) is 20.7. The Labute approximate surface area is 295 Å². The molecule has 0 spiro atoms. The van der Waals surface area contributed by atoms with E-state index < -0.39 is 13.3 Å². The second-order valence-corrected chi connectivity index (χ2v) is 14.4. The van der Waals surface area contributed by atoms with Crippen molar-refractivity contribution in [1.29, 1.82) is 0 Å². The van der Waals surface area contributed by atoms with Gasteiger partial charge in [-0.05, 0) is 39.0 Å². The summed E-state index contributed by atoms with van der Waals surface area (Å²) in [4.78, 5) is 13.4. The van der Waals surface area contributed by atoms with Crippen LogP contribution in [0.5, 0.6) is 28.7 Å². The Morgan fingerprint density at radius 1 is 0.458 bits per heavy atom. The van der Waals surface area contributed by atoms with Gasteiger partial charge in [0.2, 0.25) is 28.7 Å². The number of carbonyl (C=O) groups is 1. The summed E-state index contributed by atoms with van der Waals surface area (Å²) < 4.78 is 47.0. The van der Waals surface area contributed by atoms with Crippen molar-refractivity contribution in [2.45, 2.75) is 170 Å². The maximum absolute atomic E-state index is 14.3. The first-order chi connectivity index (χ1) is 23.4. The molecule has 0 bridgehead atoms. The van der Waals surface area contributed by atoms with E-state index in [2.05, 4.69) is 41.2 Å². The maximum Gasteiger partial charge on any atom is 0.466 e. The molecule has 0 aliphatic heterocycles. The molecule has 0 N–H and O–H groups in total. The Balaban J connectivity index is 3.95. The largest absolute Gasteiger partial charge is 0.486 e. The van der Waals surface area contributed by atoms with Gasteiger partial charge >= 0.3 is 13.3 Å². The van der Waals surface area contributed by atoms with Gasteiger partial charge in [0, 0.05) is 5.57 Å². The molecule has 0 aliphatic rings. The summed E-state index contributed by atoms with van der Waals surface area (Å²) in [6.45, 7) is 18.5. The fourth-order valence-electron chi connectivity index (χ4n) is 5.26. The van der Waals surface area contributed by atoms with Gasteiger partial charge in [-0.25, -0.2) is 4.79 Å². The molecule has 0 aromatic heterocycles. The Hall–Kier alpha value is -2.27. The van der Waals surface area contributed by atoms with Crippen molar-refractivity contribution < 1.29 is 33.0 Å². The Bertz CT molecular complexity index is 986. The quantitative estimate of drug-likeness (QED) is 0.0412. The number of hydrogen-bond acceptors (Lipinski definition) is 7. The highest BCUT2D eigenvalue weighted by atomic mass is 31.1. The third kappa shape index (κ3) is 16.9. The molecule has 0 radical (unpaired) electrons. The van der Waals surface area contributed by atoms with Gasteiger partial charge < -0.3 is 23.7 Å². The summed E-state index contributed by atoms with van der Waals surface area (Å²) in [5.74, 6) is 1.73. The number of ether oxygens (including phenoxy) is 5. The van der Waals surface area contributed by atoms with E-state index in [1.807, 2.05) is 0 Å². The van der Waals surface area contributed by atoms with Crippen LogP contribution in [0.4, 0.5) is 0 Å². The van der Waals surface area contributed by atoms with Crippen LogP contribution in [0.2, 0.25) is 0 Å². The van der Waals surface area contributed by atoms with E-state index in [0.717, 1.165) is 128 Å². The smallest absolute Gasteiger partial charge is 0.466 e. The van der Waals surface area contributed by atoms with E-state index in [1.54, 1.807) is 6.92 Å². The van der Waals surface area contributed by atoms with Crippen molar-refractivity contribution in [3.8, 4) is 28.7 Å². The minimum absolute atomic E-state index is 0.203. The van der Waals surface area contributed by atoms with Crippen molar-refractivity contribution in [2.24, 2.45) is 0 Å². The topological polar surface area (TPSA) is 80.3 Å². The average Bonchev–Trinajstić information content (AvgIpc) is 3.08. The normalized spacial score (nSPS) is 11.3. The number of rotatable bonds is 33. The van der Waals surface area contributed by atoms with Crippen LogP contribution in [0.3, 0.4) is 0 Å². The van der Waals surface area contributed by atoms with E-state index in [1.165, 1.54) is 0 Å². The van der Waals surface area contributed by atoms with Gasteiger partial charge in [0.25, 0.3) is 5.30 Å². The van der Waals surface area contributed by atoms with E-state index >= 15 is 0 Å². The third-order valence-electron chi connectivity index (χ3n) is 8.23. The minimum atomic E-state index is -2.64. The number of unbranched alkanes of at least 4 members (excludes halogenated alkanes) is 15. The zero-order valence-electron chi connectivity index (χ0n) is 31.7. The molecule has 1 aromatic carbocycles. The lowest BCUT2D eigenvalue weighted by Gasteiger charge is -2.23. The number of allylic oxidation sites excluding steroid dienone is 1. The molecule has 276 valence electrons. The molecule has 0 amide bonds. The predicted molar refractivity (Wildman–Crippen MR) is 202 cm³/mol. The van der Waals surface area contributed by atoms with Gasteiger partial charge in [0.15, 0.2) is 0 Å². The Kier molecular flexibility index (Phi) is 26.0. The predicted octanol–water partition coefficient (Wildman–Crippen LogP) is 12.0. The minimum Gasteiger partial charge on any atom is -0.486 e. The van der Waals surface area contributed by atoms with Crippen molar-refractivity contribution in [3.05, 3.63) is 12.2 Å². The molecule has 0 aliphatic carbocycles. The van der Waals surface area contributed by atoms with Gasteiger partial charge in [0.1, 0.15) is 0 Å². The van der Waals surface area contributed by atoms with Gasteiger partial charge in [-0.1, -0.05) is 142 Å². The van der Waals surface area contributed by atoms with Crippen LogP contribution in [0.15, 0.2) is 12.2 Å². The molecule has 8 heteroatoms. The van der Waals surface area contributed by atoms with Gasteiger partial charge in [-0.15, -0.1) is 0 Å². The lowest BCUT2D eigenvalue weighted by molar-refractivity contribution is -0.108. The zero-order valence-corrected chi connectivity index (χ0v) is 32.6. The monoisotopic (exact) mass is 693 g/mol. The Morgan fingerprint density at radius 2 is 0.708 bits per heavy atom. The number of carbonyl (C=O) groups excluding carboxylic acids is 1. The van der Waals surface area contributed by atoms with Crippen LogP contribution in [0.25, 0.3) is 0 Å². The lowest BCUT2D eigenvalue weighted by atomic mass is 10.2. The molecule has 0 saturated carbocycles. The van der Waals surface area contributed by atoms with E-state index in [4.69, 9.17) is 23.7 Å². The van der Waals surface area contributed by atoms with E-state index in [-0.39, 0.29) is 22.4 Å². The SMILES string of the molecule is C=C(C)C(=O)[P+](=O)c1c(OCCCCCC)c(OCCCCCC)c(OCCCCCC)c(OCCCCCC)c1OCCCCCC. The fraction of sp³-hybridized carbons (Fsp3) is 0.775. The zero-order chi connectivity index (χ0) is 35.4. The molecule has 0 heterocycles. The van der Waals surface area contributed by atoms with Crippen LogP contribution in [0, 0.1) is 0 Å². The second-order valence-electron chi connectivity index (χ2n) is 12.9. The molecule has 7 nitrogen and oxygen atoms in total. The van der Waals surface area contributed by atoms with Crippen LogP contribution in [-0.2, 0) is 9.36 Å². The molecular weight excluding hydrogens is 623 g/mol. The summed E-state index contributed by atoms with van der Waals surface area (Å²) in [5, 5.41) is 0.203. The van der Waals surface area contributed by atoms with E-state index in [0.29, 0.717) is 50.3 Å². The molecule has 0 fully saturated rings. The summed E-state index contributed by atoms with van der Waals surface area (Å²) in [5.41, 5.74) is -0.313. The van der Waals surface area contributed by atoms with Crippen molar-refractivity contribution >= 4 is 18.6 Å². The second kappa shape index (κ2) is 28.6. The first-order valence-electron chi connectivity index (χ1n) is 19.4. The van der Waals surface area contributed by atoms with Crippen LogP contribution in [-0.4, -0.2) is 38.6 Å². The highest BCUT2D eigenvalue weighted by Crippen LogP contribution is 2.53. The van der Waals surface area contributed by atoms with Crippen molar-refractivity contribution in [3.63, 3.8) is 0 Å². The highest BCUT2D eigenvalue weighted by molar-refractivity contribution is 7.72. The number of hydrogen-bond donors (Lipinski definition) is 0. The van der Waals surface area contributed by atoms with E-state index in [9.17, 15) is 9.36 Å². The molecule has 1 rings (SSSR count). The third-order valence-corrected chi connectivity index (χ3v) is 9.79. The summed E-state index contributed by atoms with van der Waals surface area (Å²) >= 11 is 0. The molecular formula is C40H70O7P+. The molecule has 1 aromatic rings. The highest BCUT2D eigenvalue weighted by Gasteiger charge is 2.45. The maximum atomic E-state index is 14.3. The van der Waals surface area contributed by atoms with Crippen molar-refractivity contribution in [2.75, 3.05) is 33.0 Å². The van der Waals surface area contributed by atoms with Gasteiger partial charge in [-0.3, -0.25) is 0 Å². The lowest BCUT2D eigenvalue weighted by Crippen LogP contribution is -2.19. The molecule has 0 saturated heterocycles.